The fourth-order valence-corrected chi connectivity index (χ4v) is 5.27. The number of nitrogens with zero attached hydrogens (tertiary/aromatic N) is 3. The third kappa shape index (κ3) is 5.31. The molecule has 0 radical (unpaired) electrons. The maximum atomic E-state index is 12.6. The number of ether oxygens (including phenoxy) is 3. The number of carbonyl (C=O) groups excluding carboxylic acids is 2. The molecule has 0 atom stereocenters. The smallest absolute Gasteiger partial charge is 0.348 e. The normalized spacial score (nSPS) is 10.8. The summed E-state index contributed by atoms with van der Waals surface area (Å²) in [6.07, 6.45) is 0. The van der Waals surface area contributed by atoms with E-state index in [1.54, 1.807) is 21.0 Å². The number of thiophene rings is 1. The van der Waals surface area contributed by atoms with Gasteiger partial charge >= 0.3 is 11.9 Å². The second-order valence-corrected chi connectivity index (χ2v) is 8.65. The lowest BCUT2D eigenvalue weighted by molar-refractivity contribution is 0.0527. The highest BCUT2D eigenvalue weighted by molar-refractivity contribution is 7.98. The zero-order chi connectivity index (χ0) is 24.0. The maximum absolute atomic E-state index is 12.6. The first-order valence-electron chi connectivity index (χ1n) is 10.4. The van der Waals surface area contributed by atoms with E-state index in [1.807, 2.05) is 35.8 Å². The number of carbonyl (C=O) groups is 2. The van der Waals surface area contributed by atoms with Crippen LogP contribution in [0.4, 0.5) is 5.00 Å². The van der Waals surface area contributed by atoms with Gasteiger partial charge in [-0.05, 0) is 45.0 Å². The third-order valence-corrected chi connectivity index (χ3v) is 6.74. The van der Waals surface area contributed by atoms with Crippen LogP contribution in [-0.4, -0.2) is 47.0 Å². The van der Waals surface area contributed by atoms with Crippen LogP contribution in [0.3, 0.4) is 0 Å². The SMILES string of the molecule is CCOC(=O)c1sc(N)c(C(=O)OCC)c1CSc1nnc(-c2ccc(OC)cc2)n1CC. The van der Waals surface area contributed by atoms with Crippen molar-refractivity contribution in [2.24, 2.45) is 0 Å². The average molecular weight is 491 g/mol. The molecule has 3 aromatic rings. The molecule has 0 aliphatic heterocycles. The van der Waals surface area contributed by atoms with Crippen molar-refractivity contribution in [1.29, 1.82) is 0 Å². The number of hydrogen-bond donors (Lipinski definition) is 1. The van der Waals surface area contributed by atoms with Gasteiger partial charge in [0.05, 0.1) is 25.9 Å². The second kappa shape index (κ2) is 11.2. The van der Waals surface area contributed by atoms with Gasteiger partial charge in [0.2, 0.25) is 0 Å². The average Bonchev–Trinajstić information content (AvgIpc) is 3.38. The molecular formula is C22H26N4O5S2. The largest absolute Gasteiger partial charge is 0.497 e. The van der Waals surface area contributed by atoms with Crippen molar-refractivity contribution in [3.8, 4) is 17.1 Å². The van der Waals surface area contributed by atoms with E-state index in [0.29, 0.717) is 28.0 Å². The topological polar surface area (TPSA) is 119 Å². The van der Waals surface area contributed by atoms with Crippen LogP contribution in [0, 0.1) is 0 Å². The van der Waals surface area contributed by atoms with Gasteiger partial charge in [-0.1, -0.05) is 11.8 Å². The summed E-state index contributed by atoms with van der Waals surface area (Å²) in [7, 11) is 1.62. The number of benzene rings is 1. The summed E-state index contributed by atoms with van der Waals surface area (Å²) < 4.78 is 17.5. The van der Waals surface area contributed by atoms with Gasteiger partial charge in [-0.25, -0.2) is 9.59 Å². The highest BCUT2D eigenvalue weighted by atomic mass is 32.2. The number of nitrogen functional groups attached to an aromatic ring is 1. The number of nitrogens with two attached hydrogens (primary N) is 1. The van der Waals surface area contributed by atoms with Crippen LogP contribution in [0.15, 0.2) is 29.4 Å². The van der Waals surface area contributed by atoms with Gasteiger partial charge in [0.1, 0.15) is 15.6 Å². The van der Waals surface area contributed by atoms with Crippen molar-refractivity contribution in [2.75, 3.05) is 26.1 Å². The van der Waals surface area contributed by atoms with Crippen molar-refractivity contribution in [2.45, 2.75) is 38.2 Å². The maximum Gasteiger partial charge on any atom is 0.348 e. The molecule has 0 saturated carbocycles. The van der Waals surface area contributed by atoms with Crippen molar-refractivity contribution < 1.29 is 23.8 Å². The number of rotatable bonds is 10. The molecule has 9 nitrogen and oxygen atoms in total. The van der Waals surface area contributed by atoms with Gasteiger partial charge in [-0.15, -0.1) is 21.5 Å². The summed E-state index contributed by atoms with van der Waals surface area (Å²) in [6, 6.07) is 7.56. The van der Waals surface area contributed by atoms with Crippen LogP contribution < -0.4 is 10.5 Å². The van der Waals surface area contributed by atoms with E-state index in [4.69, 9.17) is 19.9 Å². The Morgan fingerprint density at radius 2 is 1.73 bits per heavy atom. The number of aromatic nitrogens is 3. The first kappa shape index (κ1) is 24.6. The third-order valence-electron chi connectivity index (χ3n) is 4.70. The summed E-state index contributed by atoms with van der Waals surface area (Å²) in [5, 5.41) is 9.56. The molecule has 0 amide bonds. The van der Waals surface area contributed by atoms with Crippen molar-refractivity contribution in [3.05, 3.63) is 40.3 Å². The Hall–Kier alpha value is -3.05. The summed E-state index contributed by atoms with van der Waals surface area (Å²) in [5.41, 5.74) is 7.68. The Balaban J connectivity index is 1.93. The van der Waals surface area contributed by atoms with Crippen LogP contribution in [0.5, 0.6) is 5.75 Å². The van der Waals surface area contributed by atoms with Crippen LogP contribution >= 0.6 is 23.1 Å². The quantitative estimate of drug-likeness (QED) is 0.328. The van der Waals surface area contributed by atoms with E-state index in [2.05, 4.69) is 10.2 Å². The molecule has 1 aromatic carbocycles. The number of thioether (sulfide) groups is 1. The van der Waals surface area contributed by atoms with E-state index >= 15 is 0 Å². The van der Waals surface area contributed by atoms with Gasteiger partial charge in [0, 0.05) is 23.4 Å². The predicted octanol–water partition coefficient (Wildman–Crippen LogP) is 4.26. The number of anilines is 1. The Labute approximate surface area is 200 Å². The zero-order valence-corrected chi connectivity index (χ0v) is 20.5. The summed E-state index contributed by atoms with van der Waals surface area (Å²) >= 11 is 2.39. The molecule has 0 unspecified atom stereocenters. The Kier molecular flexibility index (Phi) is 8.34. The lowest BCUT2D eigenvalue weighted by Gasteiger charge is -2.10. The first-order chi connectivity index (χ1) is 15.9. The molecule has 0 bridgehead atoms. The van der Waals surface area contributed by atoms with Gasteiger partial charge in [-0.2, -0.15) is 0 Å². The molecule has 2 heterocycles. The molecule has 33 heavy (non-hydrogen) atoms. The van der Waals surface area contributed by atoms with Crippen molar-refractivity contribution in [3.63, 3.8) is 0 Å². The fourth-order valence-electron chi connectivity index (χ4n) is 3.18. The molecule has 2 aromatic heterocycles. The predicted molar refractivity (Wildman–Crippen MR) is 128 cm³/mol. The first-order valence-corrected chi connectivity index (χ1v) is 12.2. The molecule has 3 rings (SSSR count). The van der Waals surface area contributed by atoms with Gasteiger partial charge in [-0.3, -0.25) is 0 Å². The molecule has 0 fully saturated rings. The van der Waals surface area contributed by atoms with E-state index in [-0.39, 0.29) is 29.5 Å². The van der Waals surface area contributed by atoms with E-state index in [1.165, 1.54) is 11.8 Å². The highest BCUT2D eigenvalue weighted by Gasteiger charge is 2.28. The minimum atomic E-state index is -0.562. The molecule has 2 N–H and O–H groups in total. The van der Waals surface area contributed by atoms with E-state index < -0.39 is 11.9 Å². The highest BCUT2D eigenvalue weighted by Crippen LogP contribution is 2.37. The standard InChI is InChI=1S/C22H26N4O5S2/c1-5-26-19(13-8-10-14(29-4)11-9-13)24-25-22(26)32-12-15-16(20(27)30-6-2)18(23)33-17(15)21(28)31-7-3/h8-11H,5-7,12,23H2,1-4H3. The van der Waals surface area contributed by atoms with Crippen LogP contribution in [0.1, 0.15) is 46.4 Å². The molecule has 0 aliphatic carbocycles. The summed E-state index contributed by atoms with van der Waals surface area (Å²) in [5.74, 6) is 0.661. The van der Waals surface area contributed by atoms with Crippen molar-refractivity contribution in [1.82, 2.24) is 14.8 Å². The molecule has 0 saturated heterocycles. The number of hydrogen-bond acceptors (Lipinski definition) is 10. The van der Waals surface area contributed by atoms with Gasteiger partial charge in [0.15, 0.2) is 11.0 Å². The monoisotopic (exact) mass is 490 g/mol. The van der Waals surface area contributed by atoms with Crippen LogP contribution in [0.25, 0.3) is 11.4 Å². The summed E-state index contributed by atoms with van der Waals surface area (Å²) in [4.78, 5) is 25.4. The van der Waals surface area contributed by atoms with Crippen molar-refractivity contribution >= 4 is 40.0 Å². The molecule has 176 valence electrons. The Morgan fingerprint density at radius 1 is 1.06 bits per heavy atom. The fraction of sp³-hybridized carbons (Fsp3) is 0.364. The van der Waals surface area contributed by atoms with Gasteiger partial charge in [0.25, 0.3) is 0 Å². The Bertz CT molecular complexity index is 1120. The summed E-state index contributed by atoms with van der Waals surface area (Å²) in [6.45, 7) is 6.48. The minimum absolute atomic E-state index is 0.199. The molecular weight excluding hydrogens is 464 g/mol. The van der Waals surface area contributed by atoms with E-state index in [0.717, 1.165) is 22.6 Å². The lowest BCUT2D eigenvalue weighted by atomic mass is 10.1. The van der Waals surface area contributed by atoms with Crippen LogP contribution in [-0.2, 0) is 21.8 Å². The minimum Gasteiger partial charge on any atom is -0.497 e. The number of methoxy groups -OCH3 is 1. The number of esters is 2. The van der Waals surface area contributed by atoms with Gasteiger partial charge < -0.3 is 24.5 Å². The van der Waals surface area contributed by atoms with Crippen LogP contribution in [0.2, 0.25) is 0 Å². The Morgan fingerprint density at radius 3 is 2.33 bits per heavy atom. The second-order valence-electron chi connectivity index (χ2n) is 6.66. The zero-order valence-electron chi connectivity index (χ0n) is 18.9. The molecule has 0 spiro atoms. The molecule has 11 heteroatoms. The molecule has 0 aliphatic rings. The lowest BCUT2D eigenvalue weighted by Crippen LogP contribution is -2.11. The van der Waals surface area contributed by atoms with E-state index in [9.17, 15) is 9.59 Å².